The molecule has 0 aliphatic heterocycles. The van der Waals surface area contributed by atoms with Crippen LogP contribution in [0.4, 0.5) is 5.13 Å². The lowest BCUT2D eigenvalue weighted by molar-refractivity contribution is -0.114. The molecule has 3 rings (SSSR count). The largest absolute Gasteiger partial charge is 0.493 e. The van der Waals surface area contributed by atoms with E-state index in [2.05, 4.69) is 20.3 Å². The van der Waals surface area contributed by atoms with Crippen molar-refractivity contribution >= 4 is 43.6 Å². The molecule has 0 radical (unpaired) electrons. The molecule has 27 heavy (non-hydrogen) atoms. The molecule has 9 heteroatoms. The fourth-order valence-corrected chi connectivity index (χ4v) is 3.34. The predicted octanol–water partition coefficient (Wildman–Crippen LogP) is 2.62. The van der Waals surface area contributed by atoms with Crippen molar-refractivity contribution in [2.75, 3.05) is 11.9 Å². The van der Waals surface area contributed by atoms with Gasteiger partial charge in [0.25, 0.3) is 0 Å². The molecule has 2 aromatic heterocycles. The average molecular weight is 387 g/mol. The second-order valence-corrected chi connectivity index (χ2v) is 7.33. The van der Waals surface area contributed by atoms with Gasteiger partial charge in [-0.3, -0.25) is 4.79 Å². The van der Waals surface area contributed by atoms with E-state index in [0.29, 0.717) is 28.5 Å². The van der Waals surface area contributed by atoms with E-state index < -0.39 is 5.91 Å². The van der Waals surface area contributed by atoms with E-state index in [1.165, 1.54) is 11.3 Å². The first-order valence-corrected chi connectivity index (χ1v) is 9.24. The third-order valence-electron chi connectivity index (χ3n) is 3.76. The summed E-state index contributed by atoms with van der Waals surface area (Å²) >= 11 is 1.48. The van der Waals surface area contributed by atoms with Gasteiger partial charge in [0.15, 0.2) is 5.13 Å². The number of carbonyl (C=O) groups is 1. The third-order valence-corrected chi connectivity index (χ3v) is 4.73. The summed E-state index contributed by atoms with van der Waals surface area (Å²) < 4.78 is 6.73. The van der Waals surface area contributed by atoms with Crippen molar-refractivity contribution in [1.29, 1.82) is 0 Å². The number of aromatic amines is 2. The van der Waals surface area contributed by atoms with Gasteiger partial charge in [-0.2, -0.15) is 0 Å². The van der Waals surface area contributed by atoms with Gasteiger partial charge in [0, 0.05) is 5.57 Å². The Hall–Kier alpha value is -3.07. The SMILES string of the molecule is CC(=CC=C(CNc1nc2c(ccc3[nH]c(=O)[nH]c32)s1)OC(C)C)C(N)=O. The van der Waals surface area contributed by atoms with Crippen molar-refractivity contribution in [2.24, 2.45) is 5.73 Å². The Bertz CT molecular complexity index is 1100. The van der Waals surface area contributed by atoms with Crippen LogP contribution in [0.2, 0.25) is 0 Å². The molecule has 1 aromatic carbocycles. The Morgan fingerprint density at radius 2 is 2.15 bits per heavy atom. The van der Waals surface area contributed by atoms with Crippen molar-refractivity contribution < 1.29 is 9.53 Å². The Labute approximate surface area is 159 Å². The van der Waals surface area contributed by atoms with Crippen LogP contribution in [0.3, 0.4) is 0 Å². The summed E-state index contributed by atoms with van der Waals surface area (Å²) in [7, 11) is 0. The minimum Gasteiger partial charge on any atom is -0.493 e. The summed E-state index contributed by atoms with van der Waals surface area (Å²) in [6.07, 6.45) is 3.34. The zero-order valence-electron chi connectivity index (χ0n) is 15.3. The molecule has 0 atom stereocenters. The molecule has 0 spiro atoms. The fraction of sp³-hybridized carbons (Fsp3) is 0.278. The lowest BCUT2D eigenvalue weighted by atomic mass is 10.2. The number of ether oxygens (including phenoxy) is 1. The van der Waals surface area contributed by atoms with Gasteiger partial charge in [0.1, 0.15) is 11.3 Å². The van der Waals surface area contributed by atoms with Crippen molar-refractivity contribution in [3.63, 3.8) is 0 Å². The number of rotatable bonds is 7. The predicted molar refractivity (Wildman–Crippen MR) is 108 cm³/mol. The molecule has 0 bridgehead atoms. The van der Waals surface area contributed by atoms with Crippen LogP contribution in [0.15, 0.2) is 40.4 Å². The van der Waals surface area contributed by atoms with E-state index in [1.807, 2.05) is 26.0 Å². The second-order valence-electron chi connectivity index (χ2n) is 6.30. The highest BCUT2D eigenvalue weighted by Crippen LogP contribution is 2.30. The number of H-pyrrole nitrogens is 2. The maximum absolute atomic E-state index is 11.5. The number of nitrogens with two attached hydrogens (primary N) is 1. The van der Waals surface area contributed by atoms with Crippen LogP contribution in [0.25, 0.3) is 21.3 Å². The molecule has 3 aromatic rings. The van der Waals surface area contributed by atoms with Crippen LogP contribution in [0.5, 0.6) is 0 Å². The van der Waals surface area contributed by atoms with Gasteiger partial charge in [-0.15, -0.1) is 0 Å². The fourth-order valence-electron chi connectivity index (χ4n) is 2.47. The van der Waals surface area contributed by atoms with Gasteiger partial charge in [-0.25, -0.2) is 9.78 Å². The normalized spacial score (nSPS) is 12.9. The molecular formula is C18H21N5O3S. The molecule has 1 amide bonds. The van der Waals surface area contributed by atoms with Gasteiger partial charge in [0.2, 0.25) is 5.91 Å². The lowest BCUT2D eigenvalue weighted by Crippen LogP contribution is -2.13. The number of nitrogens with one attached hydrogen (secondary N) is 3. The number of hydrogen-bond donors (Lipinski definition) is 4. The summed E-state index contributed by atoms with van der Waals surface area (Å²) in [5.41, 5.74) is 7.58. The van der Waals surface area contributed by atoms with Crippen molar-refractivity contribution in [2.45, 2.75) is 26.9 Å². The third kappa shape index (κ3) is 4.37. The molecule has 8 nitrogen and oxygen atoms in total. The quantitative estimate of drug-likeness (QED) is 0.282. The number of thiazole rings is 1. The van der Waals surface area contributed by atoms with E-state index >= 15 is 0 Å². The monoisotopic (exact) mass is 387 g/mol. The topological polar surface area (TPSA) is 126 Å². The summed E-state index contributed by atoms with van der Waals surface area (Å²) in [6.45, 7) is 5.90. The molecule has 5 N–H and O–H groups in total. The summed E-state index contributed by atoms with van der Waals surface area (Å²) in [5.74, 6) is 0.184. The van der Waals surface area contributed by atoms with E-state index in [9.17, 15) is 9.59 Å². The van der Waals surface area contributed by atoms with Gasteiger partial charge < -0.3 is 25.8 Å². The molecule has 0 saturated heterocycles. The molecule has 142 valence electrons. The van der Waals surface area contributed by atoms with E-state index in [-0.39, 0.29) is 11.8 Å². The number of fused-ring (bicyclic) bond motifs is 3. The van der Waals surface area contributed by atoms with Gasteiger partial charge in [-0.1, -0.05) is 17.4 Å². The van der Waals surface area contributed by atoms with Crippen LogP contribution in [-0.2, 0) is 9.53 Å². The van der Waals surface area contributed by atoms with Gasteiger partial charge >= 0.3 is 5.69 Å². The lowest BCUT2D eigenvalue weighted by Gasteiger charge is -2.13. The zero-order valence-corrected chi connectivity index (χ0v) is 16.1. The maximum Gasteiger partial charge on any atom is 0.323 e. The zero-order chi connectivity index (χ0) is 19.6. The second kappa shape index (κ2) is 7.67. The first kappa shape index (κ1) is 18.7. The Morgan fingerprint density at radius 3 is 2.85 bits per heavy atom. The Morgan fingerprint density at radius 1 is 1.37 bits per heavy atom. The first-order valence-electron chi connectivity index (χ1n) is 8.43. The van der Waals surface area contributed by atoms with Gasteiger partial charge in [-0.05, 0) is 39.0 Å². The molecule has 0 saturated carbocycles. The number of benzene rings is 1. The number of allylic oxidation sites excluding steroid dienone is 2. The standard InChI is InChI=1S/C18H21N5O3S/c1-9(2)26-11(5-4-10(3)16(19)24)8-20-18-23-15-13(27-18)7-6-12-14(15)22-17(25)21-12/h4-7,9H,8H2,1-3H3,(H2,19,24)(H,20,23)(H2,21,22,25). The van der Waals surface area contributed by atoms with Crippen molar-refractivity contribution in [3.05, 3.63) is 46.1 Å². The van der Waals surface area contributed by atoms with Crippen LogP contribution in [0.1, 0.15) is 20.8 Å². The number of nitrogens with zero attached hydrogens (tertiary/aromatic N) is 1. The van der Waals surface area contributed by atoms with Crippen LogP contribution >= 0.6 is 11.3 Å². The number of amides is 1. The highest BCUT2D eigenvalue weighted by molar-refractivity contribution is 7.22. The minimum absolute atomic E-state index is 0.0137. The molecule has 2 heterocycles. The summed E-state index contributed by atoms with van der Waals surface area (Å²) in [6, 6.07) is 3.77. The van der Waals surface area contributed by atoms with Crippen molar-refractivity contribution in [1.82, 2.24) is 15.0 Å². The smallest absolute Gasteiger partial charge is 0.323 e. The van der Waals surface area contributed by atoms with Gasteiger partial charge in [0.05, 0.1) is 28.4 Å². The molecule has 0 fully saturated rings. The highest BCUT2D eigenvalue weighted by Gasteiger charge is 2.10. The first-order chi connectivity index (χ1) is 12.8. The number of primary amides is 1. The molecule has 0 unspecified atom stereocenters. The average Bonchev–Trinajstić information content (AvgIpc) is 3.18. The number of imidazole rings is 1. The maximum atomic E-state index is 11.5. The number of carbonyl (C=O) groups excluding carboxylic acids is 1. The summed E-state index contributed by atoms with van der Waals surface area (Å²) in [5, 5.41) is 3.93. The van der Waals surface area contributed by atoms with E-state index in [1.54, 1.807) is 19.1 Å². The van der Waals surface area contributed by atoms with Crippen LogP contribution < -0.4 is 16.7 Å². The highest BCUT2D eigenvalue weighted by atomic mass is 32.1. The van der Waals surface area contributed by atoms with E-state index in [4.69, 9.17) is 10.5 Å². The van der Waals surface area contributed by atoms with Crippen LogP contribution in [0, 0.1) is 0 Å². The van der Waals surface area contributed by atoms with Crippen molar-refractivity contribution in [3.8, 4) is 0 Å². The molecule has 0 aliphatic rings. The van der Waals surface area contributed by atoms with E-state index in [0.717, 1.165) is 15.7 Å². The summed E-state index contributed by atoms with van der Waals surface area (Å²) in [4.78, 5) is 32.7. The number of hydrogen-bond acceptors (Lipinski definition) is 6. The molecular weight excluding hydrogens is 366 g/mol. The number of aromatic nitrogens is 3. The minimum atomic E-state index is -0.473. The molecule has 0 aliphatic carbocycles. The van der Waals surface area contributed by atoms with Crippen LogP contribution in [-0.4, -0.2) is 33.5 Å². The Kier molecular flexibility index (Phi) is 5.31. The number of anilines is 1. The Balaban J connectivity index is 1.83.